The average molecular weight is 449 g/mol. The van der Waals surface area contributed by atoms with Crippen molar-refractivity contribution >= 4 is 41.2 Å². The first kappa shape index (κ1) is 23.9. The van der Waals surface area contributed by atoms with E-state index in [1.54, 1.807) is 24.8 Å². The van der Waals surface area contributed by atoms with Gasteiger partial charge in [0.15, 0.2) is 0 Å². The number of carbonyl (C=O) groups excluding carboxylic acids is 3. The molecule has 0 aromatic heterocycles. The molecule has 11 heteroatoms. The van der Waals surface area contributed by atoms with Crippen LogP contribution in [-0.2, 0) is 23.9 Å². The van der Waals surface area contributed by atoms with E-state index in [2.05, 4.69) is 5.32 Å². The van der Waals surface area contributed by atoms with Crippen LogP contribution in [0.2, 0.25) is 0 Å². The lowest BCUT2D eigenvalue weighted by Crippen LogP contribution is -2.49. The number of nitro benzene ring substituents is 1. The van der Waals surface area contributed by atoms with E-state index >= 15 is 0 Å². The lowest BCUT2D eigenvalue weighted by molar-refractivity contribution is -0.384. The zero-order valence-corrected chi connectivity index (χ0v) is 18.1. The largest absolute Gasteiger partial charge is 0.466 e. The van der Waals surface area contributed by atoms with Crippen LogP contribution in [-0.4, -0.2) is 60.0 Å². The van der Waals surface area contributed by atoms with Crippen LogP contribution in [0.25, 0.3) is 0 Å². The minimum atomic E-state index is -1.09. The number of rotatable bonds is 9. The first-order valence-corrected chi connectivity index (χ1v) is 9.87. The molecule has 0 aliphatic carbocycles. The Balaban J connectivity index is 2.72. The maximum Gasteiger partial charge on any atom is 0.336 e. The highest BCUT2D eigenvalue weighted by Gasteiger charge is 2.46. The van der Waals surface area contributed by atoms with E-state index in [9.17, 15) is 24.5 Å². The molecule has 1 aliphatic heterocycles. The minimum absolute atomic E-state index is 0.0859. The fourth-order valence-electron chi connectivity index (χ4n) is 3.57. The number of esters is 2. The van der Waals surface area contributed by atoms with Crippen molar-refractivity contribution in [1.82, 2.24) is 10.2 Å². The topological polar surface area (TPSA) is 128 Å². The molecule has 0 bridgehead atoms. The second kappa shape index (κ2) is 10.6. The smallest absolute Gasteiger partial charge is 0.336 e. The minimum Gasteiger partial charge on any atom is -0.466 e. The van der Waals surface area contributed by atoms with Gasteiger partial charge >= 0.3 is 11.9 Å². The number of benzene rings is 1. The molecule has 31 heavy (non-hydrogen) atoms. The summed E-state index contributed by atoms with van der Waals surface area (Å²) in [6.07, 6.45) is 0.530. The molecule has 2 unspecified atom stereocenters. The van der Waals surface area contributed by atoms with Gasteiger partial charge in [-0.3, -0.25) is 19.7 Å². The van der Waals surface area contributed by atoms with Crippen LogP contribution in [0.4, 0.5) is 5.69 Å². The van der Waals surface area contributed by atoms with Crippen LogP contribution >= 0.6 is 12.2 Å². The maximum absolute atomic E-state index is 12.9. The molecule has 0 fully saturated rings. The highest BCUT2D eigenvalue weighted by molar-refractivity contribution is 7.80. The Labute approximate surface area is 184 Å². The van der Waals surface area contributed by atoms with Crippen molar-refractivity contribution in [1.29, 1.82) is 0 Å². The van der Waals surface area contributed by atoms with Gasteiger partial charge in [0, 0.05) is 36.8 Å². The third-order valence-electron chi connectivity index (χ3n) is 4.92. The second-order valence-electron chi connectivity index (χ2n) is 6.61. The number of nitrogens with one attached hydrogen (secondary N) is 1. The summed E-state index contributed by atoms with van der Waals surface area (Å²) >= 11 is 5.59. The number of methoxy groups -OCH3 is 1. The fraction of sp³-hybridized carbons (Fsp3) is 0.400. The Hall–Kier alpha value is -3.34. The van der Waals surface area contributed by atoms with Gasteiger partial charge in [0.1, 0.15) is 5.92 Å². The van der Waals surface area contributed by atoms with E-state index in [1.165, 1.54) is 25.3 Å². The van der Waals surface area contributed by atoms with Gasteiger partial charge in [-0.15, -0.1) is 0 Å². The molecule has 1 aromatic carbocycles. The first-order chi connectivity index (χ1) is 14.8. The van der Waals surface area contributed by atoms with Crippen LogP contribution in [0.1, 0.15) is 25.3 Å². The molecule has 0 saturated heterocycles. The third-order valence-corrected chi connectivity index (χ3v) is 5.39. The number of amides is 1. The summed E-state index contributed by atoms with van der Waals surface area (Å²) in [6.45, 7) is 3.79. The molecular weight excluding hydrogens is 426 g/mol. The Morgan fingerprint density at radius 2 is 2.10 bits per heavy atom. The molecule has 0 radical (unpaired) electrons. The van der Waals surface area contributed by atoms with Gasteiger partial charge in [-0.25, -0.2) is 4.79 Å². The Morgan fingerprint density at radius 1 is 1.39 bits per heavy atom. The van der Waals surface area contributed by atoms with Crippen LogP contribution in [0.3, 0.4) is 0 Å². The Morgan fingerprint density at radius 3 is 2.68 bits per heavy atom. The van der Waals surface area contributed by atoms with Crippen molar-refractivity contribution in [2.75, 3.05) is 26.8 Å². The normalized spacial score (nSPS) is 18.4. The second-order valence-corrected chi connectivity index (χ2v) is 7.03. The van der Waals surface area contributed by atoms with Gasteiger partial charge in [0.2, 0.25) is 6.41 Å². The van der Waals surface area contributed by atoms with Crippen LogP contribution in [0.5, 0.6) is 0 Å². The fourth-order valence-corrected chi connectivity index (χ4v) is 4.03. The molecular formula is C20H23N3O7S. The van der Waals surface area contributed by atoms with Gasteiger partial charge in [-0.2, -0.15) is 0 Å². The summed E-state index contributed by atoms with van der Waals surface area (Å²) in [5.74, 6) is -3.38. The summed E-state index contributed by atoms with van der Waals surface area (Å²) in [5, 5.41) is 13.8. The van der Waals surface area contributed by atoms with E-state index < -0.39 is 28.7 Å². The molecule has 1 amide bonds. The number of carbonyl (C=O) groups is 3. The molecule has 166 valence electrons. The molecule has 1 aliphatic rings. The quantitative estimate of drug-likeness (QED) is 0.150. The maximum atomic E-state index is 12.9. The number of hydrogen-bond donors (Lipinski definition) is 1. The molecule has 0 spiro atoms. The number of nitrogens with zero attached hydrogens (tertiary/aromatic N) is 2. The highest BCUT2D eigenvalue weighted by Crippen LogP contribution is 2.42. The van der Waals surface area contributed by atoms with E-state index in [0.717, 1.165) is 0 Å². The summed E-state index contributed by atoms with van der Waals surface area (Å²) < 4.78 is 10.2. The summed E-state index contributed by atoms with van der Waals surface area (Å²) in [6, 6.07) is 5.69. The Bertz CT molecular complexity index is 931. The third kappa shape index (κ3) is 5.05. The zero-order valence-electron chi connectivity index (χ0n) is 17.3. The molecule has 2 rings (SSSR count). The molecule has 2 atom stereocenters. The van der Waals surface area contributed by atoms with Gasteiger partial charge < -0.3 is 19.7 Å². The van der Waals surface area contributed by atoms with Gasteiger partial charge in [-0.05, 0) is 19.4 Å². The lowest BCUT2D eigenvalue weighted by Gasteiger charge is -2.40. The summed E-state index contributed by atoms with van der Waals surface area (Å²) in [4.78, 5) is 48.8. The number of allylic oxidation sites excluding steroid dienone is 1. The SMILES string of the molecule is CCOC(=O)C1C(=S)N(CCNC=O)C(C)=C(C(=O)OC)C1c1cccc([N+](=O)[O-])c1. The number of nitro groups is 1. The molecule has 1 heterocycles. The standard InChI is InChI=1S/C20H23N3O7S/c1-4-30-20(26)17-16(13-6-5-7-14(10-13)23(27)28)15(19(25)29-3)12(2)22(18(17)31)9-8-21-11-24/h5-7,10-11,16-17H,4,8-9H2,1-3H3,(H,21,24). The molecule has 0 saturated carbocycles. The van der Waals surface area contributed by atoms with Crippen molar-refractivity contribution < 1.29 is 28.8 Å². The van der Waals surface area contributed by atoms with Crippen LogP contribution in [0, 0.1) is 16.0 Å². The average Bonchev–Trinajstić information content (AvgIpc) is 2.75. The van der Waals surface area contributed by atoms with Gasteiger partial charge in [-0.1, -0.05) is 24.4 Å². The van der Waals surface area contributed by atoms with Crippen molar-refractivity contribution in [2.24, 2.45) is 5.92 Å². The zero-order chi connectivity index (χ0) is 23.1. The van der Waals surface area contributed by atoms with E-state index in [1.807, 2.05) is 0 Å². The summed E-state index contributed by atoms with van der Waals surface area (Å²) in [7, 11) is 1.21. The van der Waals surface area contributed by atoms with Crippen molar-refractivity contribution in [3.8, 4) is 0 Å². The Kier molecular flexibility index (Phi) is 8.20. The number of thiocarbonyl (C=S) groups is 1. The van der Waals surface area contributed by atoms with E-state index in [-0.39, 0.29) is 35.9 Å². The van der Waals surface area contributed by atoms with Gasteiger partial charge in [0.05, 0.1) is 29.2 Å². The number of ether oxygens (including phenoxy) is 2. The first-order valence-electron chi connectivity index (χ1n) is 9.46. The number of hydrogen-bond acceptors (Lipinski definition) is 8. The molecule has 1 aromatic rings. The van der Waals surface area contributed by atoms with Crippen LogP contribution < -0.4 is 5.32 Å². The predicted molar refractivity (Wildman–Crippen MR) is 114 cm³/mol. The lowest BCUT2D eigenvalue weighted by atomic mass is 9.76. The summed E-state index contributed by atoms with van der Waals surface area (Å²) in [5.41, 5.74) is 0.743. The van der Waals surface area contributed by atoms with E-state index in [0.29, 0.717) is 17.7 Å². The van der Waals surface area contributed by atoms with Crippen LogP contribution in [0.15, 0.2) is 35.5 Å². The van der Waals surface area contributed by atoms with Gasteiger partial charge in [0.25, 0.3) is 5.69 Å². The highest BCUT2D eigenvalue weighted by atomic mass is 32.1. The van der Waals surface area contributed by atoms with Crippen molar-refractivity contribution in [3.05, 3.63) is 51.2 Å². The molecule has 1 N–H and O–H groups in total. The predicted octanol–water partition coefficient (Wildman–Crippen LogP) is 1.69. The molecule has 10 nitrogen and oxygen atoms in total. The van der Waals surface area contributed by atoms with Crippen molar-refractivity contribution in [2.45, 2.75) is 19.8 Å². The monoisotopic (exact) mass is 449 g/mol. The van der Waals surface area contributed by atoms with Crippen molar-refractivity contribution in [3.63, 3.8) is 0 Å². The number of non-ortho nitro benzene ring substituents is 1. The van der Waals surface area contributed by atoms with E-state index in [4.69, 9.17) is 21.7 Å².